The molecule has 16 heavy (non-hydrogen) atoms. The summed E-state index contributed by atoms with van der Waals surface area (Å²) in [5, 5.41) is 0. The van der Waals surface area contributed by atoms with Gasteiger partial charge in [-0.2, -0.15) is 0 Å². The molecule has 1 aliphatic heterocycles. The molecule has 2 atom stereocenters. The lowest BCUT2D eigenvalue weighted by molar-refractivity contribution is -0.133. The standard InChI is InChI=1S/C12H18N2O2/c1-4-5-8(2)10-6-12(16)14(9(10)3)7-11(13)15/h4-5,9-10H,1,6-7H2,2-3H3,(H2,13,15). The summed E-state index contributed by atoms with van der Waals surface area (Å²) in [5.74, 6) is -0.316. The van der Waals surface area contributed by atoms with Gasteiger partial charge in [0.05, 0.1) is 6.54 Å². The van der Waals surface area contributed by atoms with Gasteiger partial charge in [-0.05, 0) is 13.8 Å². The molecule has 2 unspecified atom stereocenters. The first-order valence-electron chi connectivity index (χ1n) is 5.34. The van der Waals surface area contributed by atoms with Crippen LogP contribution >= 0.6 is 0 Å². The Bertz CT molecular complexity index is 347. The maximum Gasteiger partial charge on any atom is 0.237 e. The van der Waals surface area contributed by atoms with Gasteiger partial charge in [-0.15, -0.1) is 0 Å². The summed E-state index contributed by atoms with van der Waals surface area (Å²) in [7, 11) is 0. The topological polar surface area (TPSA) is 63.4 Å². The molecular weight excluding hydrogens is 204 g/mol. The fourth-order valence-corrected chi connectivity index (χ4v) is 2.17. The van der Waals surface area contributed by atoms with Crippen LogP contribution in [0, 0.1) is 5.92 Å². The predicted molar refractivity (Wildman–Crippen MR) is 62.4 cm³/mol. The molecular formula is C12H18N2O2. The Morgan fingerprint density at radius 2 is 2.31 bits per heavy atom. The van der Waals surface area contributed by atoms with Gasteiger partial charge in [0, 0.05) is 18.4 Å². The SMILES string of the molecule is C=CC=C(C)C1CC(=O)N(CC(N)=O)C1C. The number of likely N-dealkylation sites (tertiary alicyclic amines) is 1. The van der Waals surface area contributed by atoms with Crippen molar-refractivity contribution in [2.75, 3.05) is 6.54 Å². The molecule has 2 amide bonds. The van der Waals surface area contributed by atoms with Gasteiger partial charge in [-0.3, -0.25) is 9.59 Å². The van der Waals surface area contributed by atoms with Gasteiger partial charge >= 0.3 is 0 Å². The molecule has 2 N–H and O–H groups in total. The summed E-state index contributed by atoms with van der Waals surface area (Å²) >= 11 is 0. The van der Waals surface area contributed by atoms with Crippen LogP contribution in [0.15, 0.2) is 24.3 Å². The summed E-state index contributed by atoms with van der Waals surface area (Å²) in [6, 6.07) is 0.0243. The Morgan fingerprint density at radius 3 is 2.81 bits per heavy atom. The molecule has 88 valence electrons. The first-order valence-corrected chi connectivity index (χ1v) is 5.34. The predicted octanol–water partition coefficient (Wildman–Crippen LogP) is 0.841. The molecule has 0 aliphatic carbocycles. The molecule has 1 aliphatic rings. The largest absolute Gasteiger partial charge is 0.368 e. The van der Waals surface area contributed by atoms with Crippen LogP contribution in [0.1, 0.15) is 20.3 Å². The van der Waals surface area contributed by atoms with Crippen LogP contribution in [0.2, 0.25) is 0 Å². The van der Waals surface area contributed by atoms with E-state index in [1.54, 1.807) is 11.0 Å². The van der Waals surface area contributed by atoms with E-state index >= 15 is 0 Å². The highest BCUT2D eigenvalue weighted by molar-refractivity contribution is 5.86. The minimum atomic E-state index is -0.466. The Kier molecular flexibility index (Phi) is 3.88. The fourth-order valence-electron chi connectivity index (χ4n) is 2.17. The number of carbonyl (C=O) groups is 2. The molecule has 0 saturated carbocycles. The molecule has 0 aromatic carbocycles. The highest BCUT2D eigenvalue weighted by Gasteiger charge is 2.37. The van der Waals surface area contributed by atoms with Crippen molar-refractivity contribution in [3.8, 4) is 0 Å². The van der Waals surface area contributed by atoms with E-state index in [9.17, 15) is 9.59 Å². The minimum Gasteiger partial charge on any atom is -0.368 e. The Balaban J connectivity index is 2.81. The van der Waals surface area contributed by atoms with Crippen LogP contribution in [0.3, 0.4) is 0 Å². The van der Waals surface area contributed by atoms with Gasteiger partial charge in [0.15, 0.2) is 0 Å². The van der Waals surface area contributed by atoms with Crippen molar-refractivity contribution in [2.24, 2.45) is 11.7 Å². The molecule has 1 heterocycles. The molecule has 0 bridgehead atoms. The van der Waals surface area contributed by atoms with Gasteiger partial charge in [0.1, 0.15) is 0 Å². The number of primary amides is 1. The van der Waals surface area contributed by atoms with E-state index in [1.807, 2.05) is 19.9 Å². The summed E-state index contributed by atoms with van der Waals surface area (Å²) < 4.78 is 0. The molecule has 0 aromatic rings. The van der Waals surface area contributed by atoms with E-state index in [0.717, 1.165) is 5.57 Å². The quantitative estimate of drug-likeness (QED) is 0.716. The normalized spacial score (nSPS) is 26.0. The van der Waals surface area contributed by atoms with E-state index in [4.69, 9.17) is 5.73 Å². The second-order valence-electron chi connectivity index (χ2n) is 4.19. The second-order valence-corrected chi connectivity index (χ2v) is 4.19. The molecule has 0 aromatic heterocycles. The number of nitrogens with zero attached hydrogens (tertiary/aromatic N) is 1. The van der Waals surface area contributed by atoms with Crippen LogP contribution in [0.5, 0.6) is 0 Å². The molecule has 4 nitrogen and oxygen atoms in total. The number of carbonyl (C=O) groups excluding carboxylic acids is 2. The van der Waals surface area contributed by atoms with E-state index in [2.05, 4.69) is 6.58 Å². The third-order valence-corrected chi connectivity index (χ3v) is 3.08. The van der Waals surface area contributed by atoms with Crippen molar-refractivity contribution < 1.29 is 9.59 Å². The van der Waals surface area contributed by atoms with Crippen molar-refractivity contribution in [3.05, 3.63) is 24.3 Å². The number of rotatable bonds is 4. The molecule has 0 spiro atoms. The van der Waals surface area contributed by atoms with E-state index in [-0.39, 0.29) is 24.4 Å². The first kappa shape index (κ1) is 12.5. The Labute approximate surface area is 95.8 Å². The zero-order chi connectivity index (χ0) is 12.3. The summed E-state index contributed by atoms with van der Waals surface area (Å²) in [6.45, 7) is 7.57. The van der Waals surface area contributed by atoms with Crippen LogP contribution in [0.25, 0.3) is 0 Å². The summed E-state index contributed by atoms with van der Waals surface area (Å²) in [4.78, 5) is 24.1. The van der Waals surface area contributed by atoms with E-state index < -0.39 is 5.91 Å². The van der Waals surface area contributed by atoms with Crippen LogP contribution in [-0.4, -0.2) is 29.3 Å². The third-order valence-electron chi connectivity index (χ3n) is 3.08. The van der Waals surface area contributed by atoms with Gasteiger partial charge in [-0.1, -0.05) is 24.3 Å². The summed E-state index contributed by atoms with van der Waals surface area (Å²) in [5.41, 5.74) is 6.23. The lowest BCUT2D eigenvalue weighted by atomic mass is 9.93. The Hall–Kier alpha value is -1.58. The fraction of sp³-hybridized carbons (Fsp3) is 0.500. The lowest BCUT2D eigenvalue weighted by Gasteiger charge is -2.23. The zero-order valence-electron chi connectivity index (χ0n) is 9.77. The maximum atomic E-state index is 11.7. The molecule has 1 saturated heterocycles. The van der Waals surface area contributed by atoms with Crippen LogP contribution < -0.4 is 5.73 Å². The van der Waals surface area contributed by atoms with Crippen molar-refractivity contribution in [1.29, 1.82) is 0 Å². The lowest BCUT2D eigenvalue weighted by Crippen LogP contribution is -2.39. The number of hydrogen-bond donors (Lipinski definition) is 1. The van der Waals surface area contributed by atoms with Gasteiger partial charge in [-0.25, -0.2) is 0 Å². The van der Waals surface area contributed by atoms with E-state index in [0.29, 0.717) is 6.42 Å². The smallest absolute Gasteiger partial charge is 0.237 e. The average Bonchev–Trinajstić information content (AvgIpc) is 2.45. The Morgan fingerprint density at radius 1 is 1.69 bits per heavy atom. The van der Waals surface area contributed by atoms with Crippen molar-refractivity contribution >= 4 is 11.8 Å². The molecule has 1 fully saturated rings. The number of amides is 2. The van der Waals surface area contributed by atoms with E-state index in [1.165, 1.54) is 0 Å². The van der Waals surface area contributed by atoms with Crippen molar-refractivity contribution in [2.45, 2.75) is 26.3 Å². The average molecular weight is 222 g/mol. The van der Waals surface area contributed by atoms with Crippen LogP contribution in [-0.2, 0) is 9.59 Å². The van der Waals surface area contributed by atoms with Gasteiger partial charge in [0.2, 0.25) is 11.8 Å². The van der Waals surface area contributed by atoms with Gasteiger partial charge in [0.25, 0.3) is 0 Å². The maximum absolute atomic E-state index is 11.7. The molecule has 1 rings (SSSR count). The number of hydrogen-bond acceptors (Lipinski definition) is 2. The highest BCUT2D eigenvalue weighted by atomic mass is 16.2. The number of nitrogens with two attached hydrogens (primary N) is 1. The zero-order valence-corrected chi connectivity index (χ0v) is 9.77. The highest BCUT2D eigenvalue weighted by Crippen LogP contribution is 2.30. The monoisotopic (exact) mass is 222 g/mol. The van der Waals surface area contributed by atoms with Crippen molar-refractivity contribution in [3.63, 3.8) is 0 Å². The molecule has 0 radical (unpaired) electrons. The van der Waals surface area contributed by atoms with Gasteiger partial charge < -0.3 is 10.6 Å². The number of allylic oxidation sites excluding steroid dienone is 2. The summed E-state index contributed by atoms with van der Waals surface area (Å²) in [6.07, 6.45) is 4.07. The third kappa shape index (κ3) is 2.51. The first-order chi connectivity index (χ1) is 7.47. The minimum absolute atomic E-state index is 0.00638. The molecule has 4 heteroatoms. The van der Waals surface area contributed by atoms with Crippen molar-refractivity contribution in [1.82, 2.24) is 4.90 Å². The second kappa shape index (κ2) is 4.96. The van der Waals surface area contributed by atoms with Crippen LogP contribution in [0.4, 0.5) is 0 Å².